The molecular formula is C24H18I2N2O2. The highest BCUT2D eigenvalue weighted by atomic mass is 127. The molecule has 0 N–H and O–H groups in total. The van der Waals surface area contributed by atoms with Crippen molar-refractivity contribution in [1.82, 2.24) is 0 Å². The number of halogens is 2. The Hall–Kier alpha value is -2.20. The maximum atomic E-state index is 12.9. The van der Waals surface area contributed by atoms with Crippen molar-refractivity contribution in [3.63, 3.8) is 0 Å². The predicted molar refractivity (Wildman–Crippen MR) is 138 cm³/mol. The van der Waals surface area contributed by atoms with Gasteiger partial charge in [-0.1, -0.05) is 36.4 Å². The van der Waals surface area contributed by atoms with Crippen LogP contribution < -0.4 is 9.75 Å². The third kappa shape index (κ3) is 4.75. The number of carbonyl (C=O) groups excluding carboxylic acids is 1. The fourth-order valence-corrected chi connectivity index (χ4v) is 4.12. The normalized spacial score (nSPS) is 14.9. The number of amides is 1. The summed E-state index contributed by atoms with van der Waals surface area (Å²) in [5, 5.41) is 5.88. The van der Waals surface area contributed by atoms with Crippen LogP contribution in [0.1, 0.15) is 18.1 Å². The van der Waals surface area contributed by atoms with Gasteiger partial charge in [-0.15, -0.1) is 0 Å². The van der Waals surface area contributed by atoms with Crippen LogP contribution in [0.5, 0.6) is 5.75 Å². The zero-order valence-corrected chi connectivity index (χ0v) is 20.5. The molecule has 1 heterocycles. The number of nitrogens with zero attached hydrogens (tertiary/aromatic N) is 2. The Morgan fingerprint density at radius 1 is 1.00 bits per heavy atom. The van der Waals surface area contributed by atoms with Crippen LogP contribution in [-0.4, -0.2) is 11.6 Å². The first-order valence-electron chi connectivity index (χ1n) is 9.35. The zero-order chi connectivity index (χ0) is 21.1. The lowest BCUT2D eigenvalue weighted by Crippen LogP contribution is -2.21. The molecular weight excluding hydrogens is 602 g/mol. The second kappa shape index (κ2) is 9.30. The minimum atomic E-state index is -0.118. The highest BCUT2D eigenvalue weighted by Crippen LogP contribution is 2.27. The Morgan fingerprint density at radius 3 is 2.43 bits per heavy atom. The lowest BCUT2D eigenvalue weighted by Gasteiger charge is -2.11. The van der Waals surface area contributed by atoms with E-state index in [1.54, 1.807) is 0 Å². The molecule has 0 aromatic heterocycles. The summed E-state index contributed by atoms with van der Waals surface area (Å²) >= 11 is 4.55. The van der Waals surface area contributed by atoms with Gasteiger partial charge in [0.15, 0.2) is 0 Å². The number of anilines is 1. The average Bonchev–Trinajstić information content (AvgIpc) is 3.03. The second-order valence-corrected chi connectivity index (χ2v) is 9.21. The van der Waals surface area contributed by atoms with Gasteiger partial charge in [0.25, 0.3) is 5.91 Å². The maximum Gasteiger partial charge on any atom is 0.280 e. The molecule has 0 aliphatic carbocycles. The maximum absolute atomic E-state index is 12.9. The molecule has 3 aromatic rings. The van der Waals surface area contributed by atoms with E-state index >= 15 is 0 Å². The van der Waals surface area contributed by atoms with Gasteiger partial charge in [0.2, 0.25) is 0 Å². The molecule has 6 heteroatoms. The summed E-state index contributed by atoms with van der Waals surface area (Å²) in [5.41, 5.74) is 4.13. The summed E-state index contributed by atoms with van der Waals surface area (Å²) in [6.45, 7) is 2.37. The van der Waals surface area contributed by atoms with Gasteiger partial charge < -0.3 is 4.74 Å². The molecule has 1 aliphatic rings. The third-order valence-electron chi connectivity index (χ3n) is 4.64. The van der Waals surface area contributed by atoms with E-state index in [4.69, 9.17) is 4.74 Å². The molecule has 0 saturated heterocycles. The van der Waals surface area contributed by atoms with Crippen LogP contribution in [0.2, 0.25) is 0 Å². The number of rotatable bonds is 5. The fourth-order valence-electron chi connectivity index (χ4n) is 3.06. The molecule has 0 unspecified atom stereocenters. The minimum absolute atomic E-state index is 0.118. The Balaban J connectivity index is 1.50. The van der Waals surface area contributed by atoms with Crippen molar-refractivity contribution in [1.29, 1.82) is 0 Å². The number of carbonyl (C=O) groups is 1. The van der Waals surface area contributed by atoms with Gasteiger partial charge in [-0.25, -0.2) is 0 Å². The second-order valence-electron chi connectivity index (χ2n) is 6.80. The lowest BCUT2D eigenvalue weighted by molar-refractivity contribution is -0.114. The van der Waals surface area contributed by atoms with E-state index in [1.165, 1.54) is 8.58 Å². The summed E-state index contributed by atoms with van der Waals surface area (Å²) < 4.78 is 8.17. The van der Waals surface area contributed by atoms with Gasteiger partial charge in [0.05, 0.1) is 20.5 Å². The van der Waals surface area contributed by atoms with Crippen molar-refractivity contribution in [2.75, 3.05) is 5.01 Å². The monoisotopic (exact) mass is 620 g/mol. The van der Waals surface area contributed by atoms with Gasteiger partial charge in [-0.2, -0.15) is 10.1 Å². The van der Waals surface area contributed by atoms with E-state index in [-0.39, 0.29) is 5.91 Å². The van der Waals surface area contributed by atoms with Crippen molar-refractivity contribution in [3.8, 4) is 5.75 Å². The minimum Gasteiger partial charge on any atom is -0.488 e. The largest absolute Gasteiger partial charge is 0.488 e. The first kappa shape index (κ1) is 21.0. The highest BCUT2D eigenvalue weighted by Gasteiger charge is 2.28. The van der Waals surface area contributed by atoms with Crippen LogP contribution in [0.4, 0.5) is 5.69 Å². The smallest absolute Gasteiger partial charge is 0.280 e. The van der Waals surface area contributed by atoms with E-state index in [1.807, 2.05) is 61.5 Å². The average molecular weight is 620 g/mol. The fraction of sp³-hybridized carbons (Fsp3) is 0.0833. The topological polar surface area (TPSA) is 41.9 Å². The molecule has 0 fully saturated rings. The van der Waals surface area contributed by atoms with Crippen molar-refractivity contribution >= 4 is 68.6 Å². The number of benzene rings is 3. The molecule has 0 atom stereocenters. The molecule has 4 rings (SSSR count). The van der Waals surface area contributed by atoms with E-state index in [0.29, 0.717) is 17.9 Å². The van der Waals surface area contributed by atoms with Crippen molar-refractivity contribution in [3.05, 3.63) is 96.6 Å². The number of hydrazone groups is 1. The van der Waals surface area contributed by atoms with Crippen LogP contribution in [0, 0.1) is 7.14 Å². The van der Waals surface area contributed by atoms with E-state index < -0.39 is 0 Å². The molecule has 0 bridgehead atoms. The Morgan fingerprint density at radius 2 is 1.73 bits per heavy atom. The van der Waals surface area contributed by atoms with Gasteiger partial charge in [-0.05, 0) is 106 Å². The molecule has 0 saturated carbocycles. The van der Waals surface area contributed by atoms with Crippen LogP contribution in [0.25, 0.3) is 6.08 Å². The van der Waals surface area contributed by atoms with Crippen molar-refractivity contribution < 1.29 is 9.53 Å². The summed E-state index contributed by atoms with van der Waals surface area (Å²) in [5.74, 6) is 0.707. The first-order valence-corrected chi connectivity index (χ1v) is 11.5. The molecule has 1 aliphatic heterocycles. The number of ether oxygens (including phenoxy) is 1. The lowest BCUT2D eigenvalue weighted by atomic mass is 10.1. The number of para-hydroxylation sites is 1. The van der Waals surface area contributed by atoms with Gasteiger partial charge in [-0.3, -0.25) is 4.79 Å². The summed E-state index contributed by atoms with van der Waals surface area (Å²) in [7, 11) is 0. The zero-order valence-electron chi connectivity index (χ0n) is 16.2. The molecule has 0 radical (unpaired) electrons. The standard InChI is InChI=1S/C24H18I2N2O2/c1-16-21(24(29)28(27-16)20-5-3-2-4-6-20)13-18-9-12-23(22(26)14-18)30-15-17-7-10-19(25)11-8-17/h2-14H,15H2,1H3/b21-13+. The van der Waals surface area contributed by atoms with Crippen LogP contribution >= 0.6 is 45.2 Å². The molecule has 1 amide bonds. The quantitative estimate of drug-likeness (QED) is 0.249. The Bertz CT molecular complexity index is 1140. The van der Waals surface area contributed by atoms with Crippen LogP contribution in [0.15, 0.2) is 83.5 Å². The highest BCUT2D eigenvalue weighted by molar-refractivity contribution is 14.1. The summed E-state index contributed by atoms with van der Waals surface area (Å²) in [6, 6.07) is 23.7. The van der Waals surface area contributed by atoms with Crippen LogP contribution in [-0.2, 0) is 11.4 Å². The van der Waals surface area contributed by atoms with E-state index in [2.05, 4.69) is 74.5 Å². The Labute approximate surface area is 202 Å². The van der Waals surface area contributed by atoms with Gasteiger partial charge in [0, 0.05) is 3.57 Å². The molecule has 30 heavy (non-hydrogen) atoms. The predicted octanol–water partition coefficient (Wildman–Crippen LogP) is 6.28. The molecule has 150 valence electrons. The van der Waals surface area contributed by atoms with E-state index in [9.17, 15) is 4.79 Å². The summed E-state index contributed by atoms with van der Waals surface area (Å²) in [4.78, 5) is 12.9. The molecule has 4 nitrogen and oxygen atoms in total. The van der Waals surface area contributed by atoms with Crippen molar-refractivity contribution in [2.45, 2.75) is 13.5 Å². The summed E-state index contributed by atoms with van der Waals surface area (Å²) in [6.07, 6.45) is 1.88. The number of hydrogen-bond donors (Lipinski definition) is 0. The molecule has 0 spiro atoms. The third-order valence-corrected chi connectivity index (χ3v) is 6.20. The van der Waals surface area contributed by atoms with Crippen LogP contribution in [0.3, 0.4) is 0 Å². The SMILES string of the molecule is CC1=NN(c2ccccc2)C(=O)/C1=C/c1ccc(OCc2ccc(I)cc2)c(I)c1. The molecule has 3 aromatic carbocycles. The first-order chi connectivity index (χ1) is 14.5. The Kier molecular flexibility index (Phi) is 6.52. The van der Waals surface area contributed by atoms with Gasteiger partial charge in [0.1, 0.15) is 12.4 Å². The van der Waals surface area contributed by atoms with Crippen molar-refractivity contribution in [2.24, 2.45) is 5.10 Å². The number of hydrogen-bond acceptors (Lipinski definition) is 3. The van der Waals surface area contributed by atoms with E-state index in [0.717, 1.165) is 26.1 Å². The van der Waals surface area contributed by atoms with Gasteiger partial charge >= 0.3 is 0 Å².